The van der Waals surface area contributed by atoms with Gasteiger partial charge in [0.15, 0.2) is 0 Å². The monoisotopic (exact) mass is 332 g/mol. The largest absolute Gasteiger partial charge is 0.493 e. The van der Waals surface area contributed by atoms with Gasteiger partial charge in [-0.3, -0.25) is 5.10 Å². The van der Waals surface area contributed by atoms with Gasteiger partial charge in [-0.1, -0.05) is 47.6 Å². The van der Waals surface area contributed by atoms with E-state index in [0.29, 0.717) is 18.3 Å². The number of aromatic nitrogens is 4. The molecule has 6 nitrogen and oxygen atoms in total. The van der Waals surface area contributed by atoms with Gasteiger partial charge < -0.3 is 9.26 Å². The summed E-state index contributed by atoms with van der Waals surface area (Å²) in [5.41, 5.74) is 3.40. The molecule has 124 valence electrons. The molecule has 0 fully saturated rings. The Balaban J connectivity index is 1.73. The molecule has 0 spiro atoms. The Labute approximate surface area is 144 Å². The van der Waals surface area contributed by atoms with Crippen molar-refractivity contribution in [2.24, 2.45) is 0 Å². The molecule has 4 rings (SSSR count). The van der Waals surface area contributed by atoms with Gasteiger partial charge in [-0.2, -0.15) is 10.1 Å². The van der Waals surface area contributed by atoms with E-state index in [0.717, 1.165) is 28.1 Å². The lowest BCUT2D eigenvalue weighted by atomic mass is 10.1. The second-order valence-corrected chi connectivity index (χ2v) is 5.38. The maximum atomic E-state index is 5.64. The summed E-state index contributed by atoms with van der Waals surface area (Å²) in [4.78, 5) is 4.53. The van der Waals surface area contributed by atoms with Crippen molar-refractivity contribution in [1.29, 1.82) is 0 Å². The van der Waals surface area contributed by atoms with Gasteiger partial charge in [-0.15, -0.1) is 0 Å². The van der Waals surface area contributed by atoms with E-state index in [1.807, 2.05) is 61.5 Å². The number of benzene rings is 2. The SMILES string of the molecule is CCOc1ccccc1-c1noc(-c2cn[nH]c2-c2ccccc2)n1. The van der Waals surface area contributed by atoms with Gasteiger partial charge in [0.25, 0.3) is 5.89 Å². The van der Waals surface area contributed by atoms with Crippen LogP contribution in [0.15, 0.2) is 65.3 Å². The molecule has 0 aliphatic rings. The molecule has 1 N–H and O–H groups in total. The van der Waals surface area contributed by atoms with Gasteiger partial charge in [0.2, 0.25) is 5.82 Å². The summed E-state index contributed by atoms with van der Waals surface area (Å²) in [6.45, 7) is 2.51. The number of H-pyrrole nitrogens is 1. The number of hydrogen-bond acceptors (Lipinski definition) is 5. The summed E-state index contributed by atoms with van der Waals surface area (Å²) in [6.07, 6.45) is 1.69. The maximum Gasteiger partial charge on any atom is 0.262 e. The molecule has 0 unspecified atom stereocenters. The molecule has 0 aliphatic heterocycles. The zero-order valence-electron chi connectivity index (χ0n) is 13.6. The number of rotatable bonds is 5. The minimum atomic E-state index is 0.411. The van der Waals surface area contributed by atoms with E-state index in [2.05, 4.69) is 20.3 Å². The fourth-order valence-electron chi connectivity index (χ4n) is 2.65. The quantitative estimate of drug-likeness (QED) is 0.593. The Morgan fingerprint density at radius 2 is 1.80 bits per heavy atom. The lowest BCUT2D eigenvalue weighted by Gasteiger charge is -2.06. The summed E-state index contributed by atoms with van der Waals surface area (Å²) >= 11 is 0. The number of para-hydroxylation sites is 1. The van der Waals surface area contributed by atoms with Crippen molar-refractivity contribution in [3.63, 3.8) is 0 Å². The summed E-state index contributed by atoms with van der Waals surface area (Å²) in [5.74, 6) is 1.63. The molecule has 0 saturated carbocycles. The van der Waals surface area contributed by atoms with Gasteiger partial charge >= 0.3 is 0 Å². The molecule has 2 aromatic carbocycles. The zero-order chi connectivity index (χ0) is 17.1. The molecule has 25 heavy (non-hydrogen) atoms. The normalized spacial score (nSPS) is 10.8. The van der Waals surface area contributed by atoms with Gasteiger partial charge in [0.05, 0.1) is 29.6 Å². The number of hydrogen-bond donors (Lipinski definition) is 1. The van der Waals surface area contributed by atoms with E-state index in [-0.39, 0.29) is 0 Å². The molecule has 2 aromatic heterocycles. The van der Waals surface area contributed by atoms with E-state index in [4.69, 9.17) is 9.26 Å². The van der Waals surface area contributed by atoms with Crippen LogP contribution >= 0.6 is 0 Å². The van der Waals surface area contributed by atoms with Crippen LogP contribution in [-0.4, -0.2) is 26.9 Å². The third-order valence-electron chi connectivity index (χ3n) is 3.79. The molecular formula is C19H16N4O2. The molecule has 0 radical (unpaired) electrons. The fraction of sp³-hybridized carbons (Fsp3) is 0.105. The third-order valence-corrected chi connectivity index (χ3v) is 3.79. The van der Waals surface area contributed by atoms with E-state index < -0.39 is 0 Å². The highest BCUT2D eigenvalue weighted by Crippen LogP contribution is 2.32. The van der Waals surface area contributed by atoms with E-state index in [1.54, 1.807) is 6.20 Å². The number of nitrogens with one attached hydrogen (secondary N) is 1. The van der Waals surface area contributed by atoms with Crippen LogP contribution in [0.1, 0.15) is 6.92 Å². The summed E-state index contributed by atoms with van der Waals surface area (Å²) in [6, 6.07) is 17.5. The lowest BCUT2D eigenvalue weighted by Crippen LogP contribution is -1.94. The van der Waals surface area contributed by atoms with Crippen molar-refractivity contribution in [3.05, 3.63) is 60.8 Å². The van der Waals surface area contributed by atoms with Crippen LogP contribution in [0.5, 0.6) is 5.75 Å². The lowest BCUT2D eigenvalue weighted by molar-refractivity contribution is 0.341. The van der Waals surface area contributed by atoms with E-state index in [9.17, 15) is 0 Å². The first kappa shape index (κ1) is 15.1. The van der Waals surface area contributed by atoms with Gasteiger partial charge in [0, 0.05) is 5.56 Å². The highest BCUT2D eigenvalue weighted by Gasteiger charge is 2.18. The van der Waals surface area contributed by atoms with Crippen LogP contribution < -0.4 is 4.74 Å². The van der Waals surface area contributed by atoms with Crippen molar-refractivity contribution in [2.75, 3.05) is 6.61 Å². The van der Waals surface area contributed by atoms with Crippen molar-refractivity contribution in [2.45, 2.75) is 6.92 Å². The topological polar surface area (TPSA) is 76.8 Å². The Morgan fingerprint density at radius 1 is 1.00 bits per heavy atom. The van der Waals surface area contributed by atoms with Crippen molar-refractivity contribution < 1.29 is 9.26 Å². The minimum absolute atomic E-state index is 0.411. The molecule has 6 heteroatoms. The Kier molecular flexibility index (Phi) is 4.00. The average Bonchev–Trinajstić information content (AvgIpc) is 3.32. The van der Waals surface area contributed by atoms with Crippen LogP contribution in [0.4, 0.5) is 0 Å². The summed E-state index contributed by atoms with van der Waals surface area (Å²) in [5, 5.41) is 11.2. The van der Waals surface area contributed by atoms with E-state index >= 15 is 0 Å². The van der Waals surface area contributed by atoms with Crippen LogP contribution in [0, 0.1) is 0 Å². The Hall–Kier alpha value is -3.41. The van der Waals surface area contributed by atoms with E-state index in [1.165, 1.54) is 0 Å². The molecular weight excluding hydrogens is 316 g/mol. The Morgan fingerprint density at radius 3 is 2.64 bits per heavy atom. The predicted molar refractivity (Wildman–Crippen MR) is 93.9 cm³/mol. The number of nitrogens with zero attached hydrogens (tertiary/aromatic N) is 3. The molecule has 2 heterocycles. The van der Waals surface area contributed by atoms with Crippen molar-refractivity contribution in [1.82, 2.24) is 20.3 Å². The Bertz CT molecular complexity index is 976. The first-order chi connectivity index (χ1) is 12.4. The first-order valence-corrected chi connectivity index (χ1v) is 8.02. The van der Waals surface area contributed by atoms with Crippen LogP contribution in [0.2, 0.25) is 0 Å². The molecule has 0 saturated heterocycles. The van der Waals surface area contributed by atoms with Crippen molar-refractivity contribution >= 4 is 0 Å². The van der Waals surface area contributed by atoms with Crippen LogP contribution in [0.25, 0.3) is 34.1 Å². The fourth-order valence-corrected chi connectivity index (χ4v) is 2.65. The minimum Gasteiger partial charge on any atom is -0.493 e. The molecule has 0 atom stereocenters. The number of aromatic amines is 1. The highest BCUT2D eigenvalue weighted by molar-refractivity contribution is 5.77. The van der Waals surface area contributed by atoms with Crippen LogP contribution in [0.3, 0.4) is 0 Å². The molecule has 0 aliphatic carbocycles. The van der Waals surface area contributed by atoms with Gasteiger partial charge in [-0.05, 0) is 19.1 Å². The van der Waals surface area contributed by atoms with Crippen molar-refractivity contribution in [3.8, 4) is 39.8 Å². The second kappa shape index (κ2) is 6.60. The predicted octanol–water partition coefficient (Wildman–Crippen LogP) is 4.19. The molecule has 0 bridgehead atoms. The van der Waals surface area contributed by atoms with Gasteiger partial charge in [-0.25, -0.2) is 0 Å². The summed E-state index contributed by atoms with van der Waals surface area (Å²) in [7, 11) is 0. The number of ether oxygens (including phenoxy) is 1. The smallest absolute Gasteiger partial charge is 0.262 e. The zero-order valence-corrected chi connectivity index (χ0v) is 13.6. The average molecular weight is 332 g/mol. The second-order valence-electron chi connectivity index (χ2n) is 5.38. The molecule has 4 aromatic rings. The van der Waals surface area contributed by atoms with Crippen LogP contribution in [-0.2, 0) is 0 Å². The van der Waals surface area contributed by atoms with Gasteiger partial charge in [0.1, 0.15) is 5.75 Å². The maximum absolute atomic E-state index is 5.64. The first-order valence-electron chi connectivity index (χ1n) is 8.02. The molecule has 0 amide bonds. The standard InChI is InChI=1S/C19H16N4O2/c1-2-24-16-11-7-6-10-14(16)18-21-19(25-23-18)15-12-20-22-17(15)13-8-4-3-5-9-13/h3-12H,2H2,1H3,(H,20,22). The summed E-state index contributed by atoms with van der Waals surface area (Å²) < 4.78 is 11.1. The highest BCUT2D eigenvalue weighted by atomic mass is 16.5. The third kappa shape index (κ3) is 2.89.